The number of carbonyl (C=O) groups excluding carboxylic acids is 2. The first-order valence-electron chi connectivity index (χ1n) is 5.74. The van der Waals surface area contributed by atoms with Gasteiger partial charge in [-0.2, -0.15) is 0 Å². The fourth-order valence-electron chi connectivity index (χ4n) is 1.56. The van der Waals surface area contributed by atoms with Gasteiger partial charge in [-0.1, -0.05) is 18.7 Å². The molecule has 0 saturated carbocycles. The number of esters is 1. The molecule has 0 saturated heterocycles. The molecule has 0 aliphatic heterocycles. The molecule has 19 heavy (non-hydrogen) atoms. The van der Waals surface area contributed by atoms with Crippen LogP contribution in [0.5, 0.6) is 5.75 Å². The first kappa shape index (κ1) is 14.8. The zero-order valence-electron chi connectivity index (χ0n) is 11.0. The zero-order valence-corrected chi connectivity index (χ0v) is 11.0. The van der Waals surface area contributed by atoms with Gasteiger partial charge in [-0.05, 0) is 23.8 Å². The molecular formula is C14H17NO4. The van der Waals surface area contributed by atoms with Crippen molar-refractivity contribution in [1.29, 1.82) is 0 Å². The third-order valence-electron chi connectivity index (χ3n) is 2.59. The van der Waals surface area contributed by atoms with Crippen LogP contribution in [0, 0.1) is 0 Å². The van der Waals surface area contributed by atoms with Crippen LogP contribution in [-0.2, 0) is 20.7 Å². The van der Waals surface area contributed by atoms with Crippen molar-refractivity contribution in [3.05, 3.63) is 42.5 Å². The second kappa shape index (κ2) is 7.20. The molecular weight excluding hydrogens is 246 g/mol. The Balaban J connectivity index is 2.77. The van der Waals surface area contributed by atoms with Crippen LogP contribution in [0.15, 0.2) is 36.9 Å². The lowest BCUT2D eigenvalue weighted by Gasteiger charge is -2.15. The third-order valence-corrected chi connectivity index (χ3v) is 2.59. The maximum atomic E-state index is 11.6. The second-order valence-electron chi connectivity index (χ2n) is 3.84. The SMILES string of the molecule is C=CC(=O)N[C@@H](Cc1ccc(OC)cc1)C(=O)OC. The minimum absolute atomic E-state index is 0.343. The summed E-state index contributed by atoms with van der Waals surface area (Å²) in [6.45, 7) is 3.35. The Morgan fingerprint density at radius 3 is 2.42 bits per heavy atom. The van der Waals surface area contributed by atoms with Crippen LogP contribution < -0.4 is 10.1 Å². The third kappa shape index (κ3) is 4.46. The average Bonchev–Trinajstić information content (AvgIpc) is 2.46. The van der Waals surface area contributed by atoms with Crippen molar-refractivity contribution in [3.63, 3.8) is 0 Å². The maximum Gasteiger partial charge on any atom is 0.328 e. The van der Waals surface area contributed by atoms with Gasteiger partial charge in [-0.3, -0.25) is 4.79 Å². The van der Waals surface area contributed by atoms with E-state index in [1.54, 1.807) is 19.2 Å². The van der Waals surface area contributed by atoms with Crippen molar-refractivity contribution >= 4 is 11.9 Å². The van der Waals surface area contributed by atoms with E-state index in [9.17, 15) is 9.59 Å². The molecule has 5 nitrogen and oxygen atoms in total. The number of nitrogens with one attached hydrogen (secondary N) is 1. The van der Waals surface area contributed by atoms with E-state index in [1.165, 1.54) is 7.11 Å². The minimum atomic E-state index is -0.733. The van der Waals surface area contributed by atoms with E-state index in [1.807, 2.05) is 12.1 Å². The Hall–Kier alpha value is -2.30. The Morgan fingerprint density at radius 1 is 1.32 bits per heavy atom. The second-order valence-corrected chi connectivity index (χ2v) is 3.84. The highest BCUT2D eigenvalue weighted by atomic mass is 16.5. The summed E-state index contributed by atoms with van der Waals surface area (Å²) in [7, 11) is 2.86. The molecule has 1 amide bonds. The van der Waals surface area contributed by atoms with E-state index in [2.05, 4.69) is 16.6 Å². The standard InChI is InChI=1S/C14H17NO4/c1-4-13(16)15-12(14(17)19-3)9-10-5-7-11(18-2)8-6-10/h4-8,12H,1,9H2,2-3H3,(H,15,16)/t12-/m0/s1. The molecule has 1 N–H and O–H groups in total. The predicted octanol–water partition coefficient (Wildman–Crippen LogP) is 1.08. The Labute approximate surface area is 112 Å². The molecule has 1 atom stereocenters. The van der Waals surface area contributed by atoms with Gasteiger partial charge in [-0.15, -0.1) is 0 Å². The van der Waals surface area contributed by atoms with E-state index in [0.29, 0.717) is 6.42 Å². The molecule has 0 unspecified atom stereocenters. The van der Waals surface area contributed by atoms with Gasteiger partial charge < -0.3 is 14.8 Å². The number of amides is 1. The van der Waals surface area contributed by atoms with Crippen molar-refractivity contribution in [2.75, 3.05) is 14.2 Å². The quantitative estimate of drug-likeness (QED) is 0.616. The van der Waals surface area contributed by atoms with Crippen molar-refractivity contribution in [3.8, 4) is 5.75 Å². The topological polar surface area (TPSA) is 64.6 Å². The lowest BCUT2D eigenvalue weighted by atomic mass is 10.1. The lowest BCUT2D eigenvalue weighted by Crippen LogP contribution is -2.42. The smallest absolute Gasteiger partial charge is 0.328 e. The number of benzene rings is 1. The molecule has 0 fully saturated rings. The molecule has 0 aromatic heterocycles. The van der Waals surface area contributed by atoms with E-state index < -0.39 is 17.9 Å². The summed E-state index contributed by atoms with van der Waals surface area (Å²) in [5.74, 6) is -0.177. The summed E-state index contributed by atoms with van der Waals surface area (Å²) < 4.78 is 9.71. The molecule has 1 rings (SSSR count). The monoisotopic (exact) mass is 263 g/mol. The molecule has 1 aromatic carbocycles. The first-order valence-corrected chi connectivity index (χ1v) is 5.74. The molecule has 0 aliphatic carbocycles. The van der Waals surface area contributed by atoms with Gasteiger partial charge in [0.2, 0.25) is 5.91 Å². The summed E-state index contributed by atoms with van der Waals surface area (Å²) in [5.41, 5.74) is 0.889. The summed E-state index contributed by atoms with van der Waals surface area (Å²) in [5, 5.41) is 2.53. The van der Waals surface area contributed by atoms with Gasteiger partial charge in [0.1, 0.15) is 11.8 Å². The summed E-state index contributed by atoms with van der Waals surface area (Å²) >= 11 is 0. The van der Waals surface area contributed by atoms with Crippen molar-refractivity contribution in [2.24, 2.45) is 0 Å². The fourth-order valence-corrected chi connectivity index (χ4v) is 1.56. The van der Waals surface area contributed by atoms with Crippen LogP contribution in [-0.4, -0.2) is 32.1 Å². The summed E-state index contributed by atoms with van der Waals surface area (Å²) in [6.07, 6.45) is 1.46. The van der Waals surface area contributed by atoms with E-state index >= 15 is 0 Å². The van der Waals surface area contributed by atoms with Gasteiger partial charge in [0.15, 0.2) is 0 Å². The molecule has 1 aromatic rings. The number of ether oxygens (including phenoxy) is 2. The van der Waals surface area contributed by atoms with Gasteiger partial charge >= 0.3 is 5.97 Å². The summed E-state index contributed by atoms with van der Waals surface area (Å²) in [6, 6.07) is 6.51. The highest BCUT2D eigenvalue weighted by molar-refractivity contribution is 5.91. The van der Waals surface area contributed by atoms with Crippen LogP contribution >= 0.6 is 0 Å². The largest absolute Gasteiger partial charge is 0.497 e. The number of hydrogen-bond acceptors (Lipinski definition) is 4. The highest BCUT2D eigenvalue weighted by Crippen LogP contribution is 2.13. The van der Waals surface area contributed by atoms with Crippen LogP contribution in [0.4, 0.5) is 0 Å². The van der Waals surface area contributed by atoms with Gasteiger partial charge in [-0.25, -0.2) is 4.79 Å². The minimum Gasteiger partial charge on any atom is -0.497 e. The van der Waals surface area contributed by atoms with Gasteiger partial charge in [0.25, 0.3) is 0 Å². The van der Waals surface area contributed by atoms with Crippen LogP contribution in [0.2, 0.25) is 0 Å². The van der Waals surface area contributed by atoms with Gasteiger partial charge in [0, 0.05) is 6.42 Å². The number of carbonyl (C=O) groups is 2. The number of hydrogen-bond donors (Lipinski definition) is 1. The van der Waals surface area contributed by atoms with Crippen LogP contribution in [0.1, 0.15) is 5.56 Å². The number of methoxy groups -OCH3 is 2. The Kier molecular flexibility index (Phi) is 5.60. The highest BCUT2D eigenvalue weighted by Gasteiger charge is 2.20. The van der Waals surface area contributed by atoms with Crippen molar-refractivity contribution in [1.82, 2.24) is 5.32 Å². The first-order chi connectivity index (χ1) is 9.10. The fraction of sp³-hybridized carbons (Fsp3) is 0.286. The van der Waals surface area contributed by atoms with Gasteiger partial charge in [0.05, 0.1) is 14.2 Å². The molecule has 0 spiro atoms. The van der Waals surface area contributed by atoms with E-state index in [-0.39, 0.29) is 0 Å². The van der Waals surface area contributed by atoms with Crippen molar-refractivity contribution in [2.45, 2.75) is 12.5 Å². The Morgan fingerprint density at radius 2 is 1.95 bits per heavy atom. The van der Waals surface area contributed by atoms with E-state index in [4.69, 9.17) is 4.74 Å². The van der Waals surface area contributed by atoms with Crippen LogP contribution in [0.25, 0.3) is 0 Å². The number of rotatable bonds is 6. The maximum absolute atomic E-state index is 11.6. The Bertz CT molecular complexity index is 453. The molecule has 0 aliphatic rings. The van der Waals surface area contributed by atoms with E-state index in [0.717, 1.165) is 17.4 Å². The zero-order chi connectivity index (χ0) is 14.3. The molecule has 102 valence electrons. The molecule has 0 heterocycles. The molecule has 5 heteroatoms. The van der Waals surface area contributed by atoms with Crippen molar-refractivity contribution < 1.29 is 19.1 Å². The molecule has 0 bridgehead atoms. The molecule has 0 radical (unpaired) electrons. The normalized spacial score (nSPS) is 11.3. The van der Waals surface area contributed by atoms with Crippen LogP contribution in [0.3, 0.4) is 0 Å². The predicted molar refractivity (Wildman–Crippen MR) is 70.8 cm³/mol. The average molecular weight is 263 g/mol. The lowest BCUT2D eigenvalue weighted by molar-refractivity contribution is -0.144. The summed E-state index contributed by atoms with van der Waals surface area (Å²) in [4.78, 5) is 22.9.